The number of fused-ring (bicyclic) bond motifs is 8. The summed E-state index contributed by atoms with van der Waals surface area (Å²) in [7, 11) is 0. The SMILES string of the molecule is c1ccc(-c2ccccc2N(c2ccc(-c3cc4ccccc4c4ccc5ccccc5c34)cc2)c2ccc3c(ccc4ccccc43)c2)cc1. The zero-order valence-electron chi connectivity index (χ0n) is 28.0. The number of hydrogen-bond acceptors (Lipinski definition) is 1. The molecule has 0 fully saturated rings. The summed E-state index contributed by atoms with van der Waals surface area (Å²) in [5, 5.41) is 12.7. The minimum absolute atomic E-state index is 1.11. The molecule has 1 heteroatoms. The fraction of sp³-hybridized carbons (Fsp3) is 0. The number of para-hydroxylation sites is 1. The lowest BCUT2D eigenvalue weighted by Crippen LogP contribution is -2.11. The molecular formula is C50H33N. The average molecular weight is 648 g/mol. The van der Waals surface area contributed by atoms with Gasteiger partial charge in [0.05, 0.1) is 5.69 Å². The van der Waals surface area contributed by atoms with Crippen LogP contribution in [0.5, 0.6) is 0 Å². The summed E-state index contributed by atoms with van der Waals surface area (Å²) in [4.78, 5) is 2.41. The van der Waals surface area contributed by atoms with Gasteiger partial charge in [-0.3, -0.25) is 0 Å². The van der Waals surface area contributed by atoms with Crippen molar-refractivity contribution in [2.75, 3.05) is 4.90 Å². The van der Waals surface area contributed by atoms with Gasteiger partial charge in [-0.25, -0.2) is 0 Å². The predicted molar refractivity (Wildman–Crippen MR) is 220 cm³/mol. The molecule has 10 aromatic rings. The Kier molecular flexibility index (Phi) is 6.89. The van der Waals surface area contributed by atoms with Crippen LogP contribution in [0.4, 0.5) is 17.1 Å². The minimum Gasteiger partial charge on any atom is -0.310 e. The first-order chi connectivity index (χ1) is 25.3. The van der Waals surface area contributed by atoms with Crippen molar-refractivity contribution in [3.63, 3.8) is 0 Å². The monoisotopic (exact) mass is 647 g/mol. The van der Waals surface area contributed by atoms with Crippen molar-refractivity contribution in [3.05, 3.63) is 200 Å². The Labute approximate surface area is 297 Å². The maximum atomic E-state index is 2.41. The average Bonchev–Trinajstić information content (AvgIpc) is 3.21. The molecule has 0 amide bonds. The molecule has 1 nitrogen and oxygen atoms in total. The molecule has 0 aliphatic rings. The van der Waals surface area contributed by atoms with Gasteiger partial charge in [-0.2, -0.15) is 0 Å². The van der Waals surface area contributed by atoms with E-state index in [1.165, 1.54) is 76.1 Å². The molecule has 10 rings (SSSR count). The Morgan fingerprint density at radius 3 is 1.59 bits per heavy atom. The van der Waals surface area contributed by atoms with Gasteiger partial charge < -0.3 is 4.90 Å². The Balaban J connectivity index is 1.18. The molecule has 51 heavy (non-hydrogen) atoms. The van der Waals surface area contributed by atoms with Gasteiger partial charge in [0.2, 0.25) is 0 Å². The van der Waals surface area contributed by atoms with Gasteiger partial charge in [-0.1, -0.05) is 164 Å². The predicted octanol–water partition coefficient (Wildman–Crippen LogP) is 14.3. The first-order valence-corrected chi connectivity index (χ1v) is 17.6. The van der Waals surface area contributed by atoms with E-state index in [0.717, 1.165) is 17.1 Å². The molecule has 0 aliphatic carbocycles. The van der Waals surface area contributed by atoms with Gasteiger partial charge in [-0.15, -0.1) is 0 Å². The van der Waals surface area contributed by atoms with Crippen molar-refractivity contribution in [3.8, 4) is 22.3 Å². The highest BCUT2D eigenvalue weighted by atomic mass is 15.1. The normalized spacial score (nSPS) is 11.5. The van der Waals surface area contributed by atoms with Crippen LogP contribution in [0.2, 0.25) is 0 Å². The lowest BCUT2D eigenvalue weighted by Gasteiger charge is -2.28. The summed E-state index contributed by atoms with van der Waals surface area (Å²) < 4.78 is 0. The molecule has 0 aliphatic heterocycles. The number of rotatable bonds is 5. The highest BCUT2D eigenvalue weighted by Crippen LogP contribution is 2.44. The molecule has 0 saturated carbocycles. The van der Waals surface area contributed by atoms with Crippen LogP contribution in [0.15, 0.2) is 200 Å². The zero-order valence-corrected chi connectivity index (χ0v) is 28.0. The molecule has 0 bridgehead atoms. The van der Waals surface area contributed by atoms with Crippen LogP contribution in [-0.2, 0) is 0 Å². The third-order valence-corrected chi connectivity index (χ3v) is 10.4. The van der Waals surface area contributed by atoms with Crippen LogP contribution in [0, 0.1) is 0 Å². The van der Waals surface area contributed by atoms with Crippen molar-refractivity contribution in [1.29, 1.82) is 0 Å². The van der Waals surface area contributed by atoms with Gasteiger partial charge >= 0.3 is 0 Å². The number of benzene rings is 10. The van der Waals surface area contributed by atoms with Crippen molar-refractivity contribution in [1.82, 2.24) is 0 Å². The number of anilines is 3. The Bertz CT molecular complexity index is 2900. The van der Waals surface area contributed by atoms with Gasteiger partial charge in [0, 0.05) is 16.9 Å². The fourth-order valence-corrected chi connectivity index (χ4v) is 8.00. The van der Waals surface area contributed by atoms with Crippen LogP contribution in [0.1, 0.15) is 0 Å². The van der Waals surface area contributed by atoms with E-state index in [9.17, 15) is 0 Å². The molecule has 0 radical (unpaired) electrons. The molecule has 0 aromatic heterocycles. The van der Waals surface area contributed by atoms with Gasteiger partial charge in [0.15, 0.2) is 0 Å². The summed E-state index contributed by atoms with van der Waals surface area (Å²) in [5.74, 6) is 0. The van der Waals surface area contributed by atoms with E-state index < -0.39 is 0 Å². The van der Waals surface area contributed by atoms with Gasteiger partial charge in [-0.05, 0) is 107 Å². The van der Waals surface area contributed by atoms with E-state index in [-0.39, 0.29) is 0 Å². The van der Waals surface area contributed by atoms with E-state index in [4.69, 9.17) is 0 Å². The fourth-order valence-electron chi connectivity index (χ4n) is 8.00. The Hall–Kier alpha value is -6.70. The summed E-state index contributed by atoms with van der Waals surface area (Å²) in [6.07, 6.45) is 0. The first-order valence-electron chi connectivity index (χ1n) is 17.6. The number of nitrogens with zero attached hydrogens (tertiary/aromatic N) is 1. The zero-order chi connectivity index (χ0) is 33.7. The molecule has 0 spiro atoms. The smallest absolute Gasteiger partial charge is 0.0540 e. The molecule has 0 N–H and O–H groups in total. The largest absolute Gasteiger partial charge is 0.310 e. The van der Waals surface area contributed by atoms with E-state index in [0.29, 0.717) is 0 Å². The van der Waals surface area contributed by atoms with Crippen molar-refractivity contribution < 1.29 is 0 Å². The van der Waals surface area contributed by atoms with Crippen molar-refractivity contribution in [2.24, 2.45) is 0 Å². The minimum atomic E-state index is 1.11. The summed E-state index contributed by atoms with van der Waals surface area (Å²) in [6, 6.07) is 73.1. The van der Waals surface area contributed by atoms with Crippen molar-refractivity contribution >= 4 is 70.9 Å². The second kappa shape index (κ2) is 12.0. The Morgan fingerprint density at radius 2 is 0.784 bits per heavy atom. The van der Waals surface area contributed by atoms with E-state index >= 15 is 0 Å². The summed E-state index contributed by atoms with van der Waals surface area (Å²) in [6.45, 7) is 0. The van der Waals surface area contributed by atoms with Crippen LogP contribution in [0.25, 0.3) is 76.1 Å². The standard InChI is InChI=1S/C50H33N/c1-2-12-34(13-3-1)45-19-10-11-21-49(45)51(41-29-31-44-39(32-41)23-22-35-14-4-7-17-42(35)44)40-27-24-37(25-28-40)48-33-38-16-6-8-18-43(38)47-30-26-36-15-5-9-20-46(36)50(47)48/h1-33H. The molecular weight excluding hydrogens is 615 g/mol. The Morgan fingerprint density at radius 1 is 0.275 bits per heavy atom. The molecule has 0 saturated heterocycles. The maximum absolute atomic E-state index is 2.41. The maximum Gasteiger partial charge on any atom is 0.0540 e. The molecule has 0 atom stereocenters. The van der Waals surface area contributed by atoms with E-state index in [1.807, 2.05) is 0 Å². The van der Waals surface area contributed by atoms with E-state index in [1.54, 1.807) is 0 Å². The van der Waals surface area contributed by atoms with Crippen molar-refractivity contribution in [2.45, 2.75) is 0 Å². The van der Waals surface area contributed by atoms with Gasteiger partial charge in [0.25, 0.3) is 0 Å². The summed E-state index contributed by atoms with van der Waals surface area (Å²) >= 11 is 0. The lowest BCUT2D eigenvalue weighted by molar-refractivity contribution is 1.29. The highest BCUT2D eigenvalue weighted by Gasteiger charge is 2.19. The summed E-state index contributed by atoms with van der Waals surface area (Å²) in [5.41, 5.74) is 8.20. The topological polar surface area (TPSA) is 3.24 Å². The highest BCUT2D eigenvalue weighted by molar-refractivity contribution is 6.23. The van der Waals surface area contributed by atoms with Gasteiger partial charge in [0.1, 0.15) is 0 Å². The quantitative estimate of drug-likeness (QED) is 0.168. The lowest BCUT2D eigenvalue weighted by atomic mass is 9.90. The first kappa shape index (κ1) is 29.2. The number of hydrogen-bond donors (Lipinski definition) is 0. The second-order valence-corrected chi connectivity index (χ2v) is 13.3. The van der Waals surface area contributed by atoms with E-state index in [2.05, 4.69) is 205 Å². The molecule has 10 aromatic carbocycles. The second-order valence-electron chi connectivity index (χ2n) is 13.3. The third kappa shape index (κ3) is 4.94. The molecule has 0 heterocycles. The molecule has 0 unspecified atom stereocenters. The van der Waals surface area contributed by atoms with Crippen LogP contribution >= 0.6 is 0 Å². The van der Waals surface area contributed by atoms with Crippen LogP contribution in [0.3, 0.4) is 0 Å². The molecule has 238 valence electrons. The van der Waals surface area contributed by atoms with Crippen LogP contribution in [-0.4, -0.2) is 0 Å². The van der Waals surface area contributed by atoms with Crippen LogP contribution < -0.4 is 4.90 Å². The third-order valence-electron chi connectivity index (χ3n) is 10.4.